The van der Waals surface area contributed by atoms with Crippen molar-refractivity contribution >= 4 is 23.3 Å². The molecule has 0 aliphatic heterocycles. The first-order valence-electron chi connectivity index (χ1n) is 7.88. The van der Waals surface area contributed by atoms with Gasteiger partial charge in [-0.05, 0) is 26.2 Å². The average Bonchev–Trinajstić information content (AvgIpc) is 2.87. The fourth-order valence-electron chi connectivity index (χ4n) is 2.46. The van der Waals surface area contributed by atoms with Crippen LogP contribution in [0, 0.1) is 12.8 Å². The summed E-state index contributed by atoms with van der Waals surface area (Å²) in [5.74, 6) is -7.25. The van der Waals surface area contributed by atoms with Gasteiger partial charge in [0.2, 0.25) is 0 Å². The maximum atomic E-state index is 14.0. The lowest BCUT2D eigenvalue weighted by atomic mass is 10.0. The van der Waals surface area contributed by atoms with Crippen LogP contribution < -0.4 is 5.32 Å². The molecule has 1 aromatic heterocycles. The average molecular weight is 418 g/mol. The van der Waals surface area contributed by atoms with Crippen LogP contribution in [0.4, 0.5) is 22.0 Å². The molecule has 1 aliphatic rings. The Kier molecular flexibility index (Phi) is 8.08. The molecule has 0 amide bonds. The second-order valence-corrected chi connectivity index (χ2v) is 7.33. The van der Waals surface area contributed by atoms with Gasteiger partial charge in [0.05, 0.1) is 12.0 Å². The molecule has 0 unspecified atom stereocenters. The monoisotopic (exact) mass is 418 g/mol. The van der Waals surface area contributed by atoms with Gasteiger partial charge in [0, 0.05) is 24.0 Å². The van der Waals surface area contributed by atoms with Gasteiger partial charge in [0.15, 0.2) is 0 Å². The van der Waals surface area contributed by atoms with Crippen LogP contribution in [0.15, 0.2) is 6.20 Å². The zero-order valence-electron chi connectivity index (χ0n) is 14.2. The molecule has 0 radical (unpaired) electrons. The van der Waals surface area contributed by atoms with Crippen LogP contribution in [0.3, 0.4) is 0 Å². The fourth-order valence-corrected chi connectivity index (χ4v) is 3.19. The number of carbonyl (C=O) groups is 2. The Labute approximate surface area is 155 Å². The van der Waals surface area contributed by atoms with Crippen LogP contribution in [-0.2, 0) is 16.1 Å². The van der Waals surface area contributed by atoms with Gasteiger partial charge in [-0.1, -0.05) is 0 Å². The van der Waals surface area contributed by atoms with Gasteiger partial charge in [-0.2, -0.15) is 13.2 Å². The van der Waals surface area contributed by atoms with E-state index in [-0.39, 0.29) is 19.3 Å². The van der Waals surface area contributed by atoms with E-state index in [9.17, 15) is 26.7 Å². The number of hydrogen-bond acceptors (Lipinski definition) is 5. The van der Waals surface area contributed by atoms with Gasteiger partial charge >= 0.3 is 18.1 Å². The van der Waals surface area contributed by atoms with Gasteiger partial charge in [-0.3, -0.25) is 4.79 Å². The molecular formula is C15H19F5N2O4S. The highest BCUT2D eigenvalue weighted by Gasteiger charge is 2.43. The molecular weight excluding hydrogens is 399 g/mol. The number of thiazole rings is 1. The van der Waals surface area contributed by atoms with E-state index in [0.29, 0.717) is 13.0 Å². The van der Waals surface area contributed by atoms with Crippen LogP contribution in [-0.4, -0.2) is 45.3 Å². The van der Waals surface area contributed by atoms with E-state index in [1.807, 2.05) is 6.92 Å². The Morgan fingerprint density at radius 2 is 1.89 bits per heavy atom. The van der Waals surface area contributed by atoms with E-state index in [0.717, 1.165) is 9.88 Å². The number of aryl methyl sites for hydroxylation is 1. The van der Waals surface area contributed by atoms with Gasteiger partial charge in [0.25, 0.3) is 5.92 Å². The molecule has 1 aliphatic carbocycles. The summed E-state index contributed by atoms with van der Waals surface area (Å²) in [6.45, 7) is 2.22. The normalized spacial score (nSPS) is 22.3. The number of alkyl halides is 5. The van der Waals surface area contributed by atoms with E-state index in [1.54, 1.807) is 6.20 Å². The molecule has 0 spiro atoms. The zero-order valence-corrected chi connectivity index (χ0v) is 15.0. The lowest BCUT2D eigenvalue weighted by Crippen LogP contribution is -2.43. The van der Waals surface area contributed by atoms with E-state index in [1.165, 1.54) is 11.3 Å². The minimum absolute atomic E-state index is 0.0386. The summed E-state index contributed by atoms with van der Waals surface area (Å²) in [6, 6.07) is -0.976. The number of rotatable bonds is 4. The molecule has 1 heterocycles. The van der Waals surface area contributed by atoms with Crippen molar-refractivity contribution in [3.05, 3.63) is 16.1 Å². The van der Waals surface area contributed by atoms with Crippen molar-refractivity contribution in [3.8, 4) is 0 Å². The summed E-state index contributed by atoms with van der Waals surface area (Å²) >= 11 is 1.47. The molecule has 12 heteroatoms. The molecule has 1 aromatic rings. The van der Waals surface area contributed by atoms with Crippen molar-refractivity contribution in [2.24, 2.45) is 5.92 Å². The van der Waals surface area contributed by atoms with Gasteiger partial charge in [-0.25, -0.2) is 18.6 Å². The maximum absolute atomic E-state index is 14.0. The second kappa shape index (κ2) is 9.40. The van der Waals surface area contributed by atoms with E-state index in [2.05, 4.69) is 10.3 Å². The number of aromatic nitrogens is 1. The summed E-state index contributed by atoms with van der Waals surface area (Å²) in [5, 5.41) is 19.7. The summed E-state index contributed by atoms with van der Waals surface area (Å²) < 4.78 is 59.7. The first-order valence-corrected chi connectivity index (χ1v) is 8.70. The molecule has 27 heavy (non-hydrogen) atoms. The Morgan fingerprint density at radius 1 is 1.30 bits per heavy atom. The van der Waals surface area contributed by atoms with Crippen LogP contribution in [0.25, 0.3) is 0 Å². The molecule has 1 saturated carbocycles. The molecule has 0 aromatic carbocycles. The zero-order chi connectivity index (χ0) is 20.8. The highest BCUT2D eigenvalue weighted by atomic mass is 32.1. The minimum atomic E-state index is -5.08. The molecule has 2 rings (SSSR count). The van der Waals surface area contributed by atoms with Crippen LogP contribution in [0.1, 0.15) is 35.6 Å². The number of halogens is 5. The topological polar surface area (TPSA) is 99.5 Å². The van der Waals surface area contributed by atoms with E-state index >= 15 is 0 Å². The predicted octanol–water partition coefficient (Wildman–Crippen LogP) is 3.45. The van der Waals surface area contributed by atoms with Crippen LogP contribution >= 0.6 is 11.3 Å². The Morgan fingerprint density at radius 3 is 2.33 bits per heavy atom. The number of aliphatic carboxylic acids is 2. The number of nitrogens with one attached hydrogen (secondary N) is 1. The minimum Gasteiger partial charge on any atom is -0.481 e. The lowest BCUT2D eigenvalue weighted by molar-refractivity contribution is -0.192. The number of carboxylic acid groups (broad SMARTS) is 2. The summed E-state index contributed by atoms with van der Waals surface area (Å²) in [4.78, 5) is 25.0. The molecule has 0 bridgehead atoms. The predicted molar refractivity (Wildman–Crippen MR) is 85.7 cm³/mol. The Hall–Kier alpha value is -1.82. The van der Waals surface area contributed by atoms with Crippen molar-refractivity contribution in [1.29, 1.82) is 0 Å². The third kappa shape index (κ3) is 7.75. The van der Waals surface area contributed by atoms with Crippen molar-refractivity contribution < 1.29 is 41.8 Å². The van der Waals surface area contributed by atoms with Crippen molar-refractivity contribution in [3.63, 3.8) is 0 Å². The molecule has 0 saturated heterocycles. The summed E-state index contributed by atoms with van der Waals surface area (Å²) in [7, 11) is 0. The highest BCUT2D eigenvalue weighted by Crippen LogP contribution is 2.35. The fraction of sp³-hybridized carbons (Fsp3) is 0.667. The molecule has 2 atom stereocenters. The number of hydrogen-bond donors (Lipinski definition) is 3. The van der Waals surface area contributed by atoms with Gasteiger partial charge in [0.1, 0.15) is 5.01 Å². The molecule has 1 fully saturated rings. The van der Waals surface area contributed by atoms with Gasteiger partial charge in [-0.15, -0.1) is 11.3 Å². The maximum Gasteiger partial charge on any atom is 0.490 e. The van der Waals surface area contributed by atoms with E-state index in [4.69, 9.17) is 15.0 Å². The van der Waals surface area contributed by atoms with Crippen LogP contribution in [0.5, 0.6) is 0 Å². The quantitative estimate of drug-likeness (QED) is 0.512. The largest absolute Gasteiger partial charge is 0.490 e. The first kappa shape index (κ1) is 23.2. The third-order valence-corrected chi connectivity index (χ3v) is 4.81. The standard InChI is InChI=1S/C13H18F2N2O2S.C2HF3O2/c1-8-6-17-11(20-8)7-16-10-3-2-9(12(18)19)4-5-13(10,14)15;3-2(4,5)1(6)7/h6,9-10,16H,2-5,7H2,1H3,(H,18,19);(H,6,7)/t9-,10-;/m1./s1. The molecule has 6 nitrogen and oxygen atoms in total. The third-order valence-electron chi connectivity index (χ3n) is 3.90. The smallest absolute Gasteiger partial charge is 0.481 e. The van der Waals surface area contributed by atoms with E-state index < -0.39 is 36.0 Å². The number of carboxylic acids is 2. The SMILES string of the molecule is Cc1cnc(CN[C@@H]2CC[C@@H](C(=O)O)CCC2(F)F)s1.O=C(O)C(F)(F)F. The van der Waals surface area contributed by atoms with Crippen LogP contribution in [0.2, 0.25) is 0 Å². The number of nitrogens with zero attached hydrogens (tertiary/aromatic N) is 1. The summed E-state index contributed by atoms with van der Waals surface area (Å²) in [5.41, 5.74) is 0. The Balaban J connectivity index is 0.000000445. The van der Waals surface area contributed by atoms with Gasteiger partial charge < -0.3 is 15.5 Å². The van der Waals surface area contributed by atoms with Crippen molar-refractivity contribution in [1.82, 2.24) is 10.3 Å². The van der Waals surface area contributed by atoms with Crippen molar-refractivity contribution in [2.45, 2.75) is 57.3 Å². The second-order valence-electron chi connectivity index (χ2n) is 6.01. The Bertz CT molecular complexity index is 650. The highest BCUT2D eigenvalue weighted by molar-refractivity contribution is 7.11. The lowest BCUT2D eigenvalue weighted by Gasteiger charge is -2.25. The van der Waals surface area contributed by atoms with Crippen molar-refractivity contribution in [2.75, 3.05) is 0 Å². The first-order chi connectivity index (χ1) is 12.3. The molecule has 154 valence electrons. The summed E-state index contributed by atoms with van der Waals surface area (Å²) in [6.07, 6.45) is -3.24. The molecule has 3 N–H and O–H groups in total.